The molecule has 2 rings (SSSR count). The zero-order valence-corrected chi connectivity index (χ0v) is 11.1. The highest BCUT2D eigenvalue weighted by atomic mass is 16.5. The third kappa shape index (κ3) is 3.39. The van der Waals surface area contributed by atoms with Gasteiger partial charge in [0.2, 0.25) is 0 Å². The highest BCUT2D eigenvalue weighted by Crippen LogP contribution is 2.14. The number of nitrogens with zero attached hydrogens (tertiary/aromatic N) is 3. The minimum atomic E-state index is -0.478. The smallest absolute Gasteiger partial charge is 0.358 e. The number of methoxy groups -OCH3 is 1. The summed E-state index contributed by atoms with van der Waals surface area (Å²) < 4.78 is 10.2. The van der Waals surface area contributed by atoms with Crippen molar-refractivity contribution in [2.24, 2.45) is 0 Å². The van der Waals surface area contributed by atoms with Crippen molar-refractivity contribution in [3.63, 3.8) is 0 Å². The van der Waals surface area contributed by atoms with Crippen LogP contribution in [0, 0.1) is 0 Å². The van der Waals surface area contributed by atoms with Crippen LogP contribution in [0.5, 0.6) is 0 Å². The second kappa shape index (κ2) is 6.44. The molecule has 104 valence electrons. The number of carbonyl (C=O) groups excluding carboxylic acids is 1. The zero-order valence-electron chi connectivity index (χ0n) is 11.1. The largest absolute Gasteiger partial charge is 0.464 e. The lowest BCUT2D eigenvalue weighted by atomic mass is 10.2. The Morgan fingerprint density at radius 1 is 1.58 bits per heavy atom. The van der Waals surface area contributed by atoms with Crippen molar-refractivity contribution >= 4 is 11.8 Å². The van der Waals surface area contributed by atoms with E-state index in [4.69, 9.17) is 4.74 Å². The topological polar surface area (TPSA) is 76.6 Å². The molecule has 19 heavy (non-hydrogen) atoms. The van der Waals surface area contributed by atoms with Crippen molar-refractivity contribution in [1.82, 2.24) is 15.5 Å². The molecule has 7 nitrogen and oxygen atoms in total. The first-order chi connectivity index (χ1) is 9.24. The number of esters is 1. The van der Waals surface area contributed by atoms with Gasteiger partial charge in [-0.3, -0.25) is 0 Å². The van der Waals surface area contributed by atoms with Crippen LogP contribution in [0.25, 0.3) is 0 Å². The number of hydrogen-bond acceptors (Lipinski definition) is 7. The van der Waals surface area contributed by atoms with E-state index in [1.54, 1.807) is 12.1 Å². The molecule has 1 aromatic rings. The molecule has 7 heteroatoms. The average molecular weight is 266 g/mol. The molecule has 0 amide bonds. The Kier molecular flexibility index (Phi) is 4.64. The number of anilines is 1. The van der Waals surface area contributed by atoms with Gasteiger partial charge in [-0.05, 0) is 19.2 Å². The van der Waals surface area contributed by atoms with E-state index in [-0.39, 0.29) is 11.8 Å². The van der Waals surface area contributed by atoms with Crippen LogP contribution in [0.2, 0.25) is 0 Å². The van der Waals surface area contributed by atoms with Crippen molar-refractivity contribution in [1.29, 1.82) is 0 Å². The summed E-state index contributed by atoms with van der Waals surface area (Å²) in [6.07, 6.45) is 0.140. The number of carbonyl (C=O) groups is 1. The van der Waals surface area contributed by atoms with Gasteiger partial charge in [0.15, 0.2) is 11.5 Å². The highest BCUT2D eigenvalue weighted by Gasteiger charge is 2.21. The van der Waals surface area contributed by atoms with Gasteiger partial charge in [0.05, 0.1) is 19.8 Å². The molecule has 1 aliphatic rings. The summed E-state index contributed by atoms with van der Waals surface area (Å²) in [5.74, 6) is 0.270. The maximum absolute atomic E-state index is 11.3. The fraction of sp³-hybridized carbons (Fsp3) is 0.583. The van der Waals surface area contributed by atoms with Crippen LogP contribution in [0.1, 0.15) is 10.5 Å². The van der Waals surface area contributed by atoms with Gasteiger partial charge >= 0.3 is 5.97 Å². The molecule has 0 bridgehead atoms. The molecule has 1 fully saturated rings. The Bertz CT molecular complexity index is 421. The molecule has 0 saturated carbocycles. The lowest BCUT2D eigenvalue weighted by Gasteiger charge is -2.33. The van der Waals surface area contributed by atoms with Crippen molar-refractivity contribution < 1.29 is 14.3 Å². The van der Waals surface area contributed by atoms with Crippen LogP contribution in [0.3, 0.4) is 0 Å². The summed E-state index contributed by atoms with van der Waals surface area (Å²) in [6, 6.07) is 3.40. The fourth-order valence-corrected chi connectivity index (χ4v) is 1.99. The predicted octanol–water partition coefficient (Wildman–Crippen LogP) is -0.312. The summed E-state index contributed by atoms with van der Waals surface area (Å²) in [5, 5.41) is 11.0. The van der Waals surface area contributed by atoms with E-state index in [0.717, 1.165) is 25.5 Å². The molecule has 1 atom stereocenters. The lowest BCUT2D eigenvalue weighted by molar-refractivity contribution is 0.0418. The minimum Gasteiger partial charge on any atom is -0.464 e. The molecule has 0 aliphatic carbocycles. The normalized spacial score (nSPS) is 19.3. The molecule has 0 radical (unpaired) electrons. The van der Waals surface area contributed by atoms with Gasteiger partial charge < -0.3 is 19.7 Å². The zero-order chi connectivity index (χ0) is 13.7. The van der Waals surface area contributed by atoms with Crippen LogP contribution in [0.4, 0.5) is 5.82 Å². The number of morpholine rings is 1. The third-order valence-corrected chi connectivity index (χ3v) is 2.94. The maximum atomic E-state index is 11.3. The van der Waals surface area contributed by atoms with Gasteiger partial charge in [0.1, 0.15) is 0 Å². The van der Waals surface area contributed by atoms with Gasteiger partial charge in [0, 0.05) is 19.6 Å². The van der Waals surface area contributed by atoms with Crippen molar-refractivity contribution in [3.05, 3.63) is 17.8 Å². The van der Waals surface area contributed by atoms with E-state index < -0.39 is 5.97 Å². The number of likely N-dealkylation sites (N-methyl/N-ethyl adjacent to an activating group) is 1. The number of rotatable bonds is 4. The van der Waals surface area contributed by atoms with E-state index in [0.29, 0.717) is 6.61 Å². The summed E-state index contributed by atoms with van der Waals surface area (Å²) in [7, 11) is 3.22. The Balaban J connectivity index is 2.03. The molecule has 1 aliphatic heterocycles. The van der Waals surface area contributed by atoms with Crippen LogP contribution in [-0.4, -0.2) is 62.7 Å². The Morgan fingerprint density at radius 3 is 3.05 bits per heavy atom. The highest BCUT2D eigenvalue weighted by molar-refractivity contribution is 5.86. The third-order valence-electron chi connectivity index (χ3n) is 2.94. The molecular formula is C12H18N4O3. The van der Waals surface area contributed by atoms with Gasteiger partial charge in [-0.1, -0.05) is 0 Å². The van der Waals surface area contributed by atoms with Gasteiger partial charge in [-0.2, -0.15) is 0 Å². The van der Waals surface area contributed by atoms with Crippen molar-refractivity contribution in [2.75, 3.05) is 45.3 Å². The fourth-order valence-electron chi connectivity index (χ4n) is 1.99. The minimum absolute atomic E-state index is 0.140. The summed E-state index contributed by atoms with van der Waals surface area (Å²) >= 11 is 0. The molecule has 0 aromatic carbocycles. The number of ether oxygens (including phenoxy) is 2. The molecule has 1 aromatic heterocycles. The van der Waals surface area contributed by atoms with E-state index in [2.05, 4.69) is 25.2 Å². The lowest BCUT2D eigenvalue weighted by Crippen LogP contribution is -2.46. The van der Waals surface area contributed by atoms with Crippen LogP contribution in [-0.2, 0) is 9.47 Å². The van der Waals surface area contributed by atoms with Crippen LogP contribution >= 0.6 is 0 Å². The molecule has 1 unspecified atom stereocenters. The number of aromatic nitrogens is 2. The number of nitrogens with one attached hydrogen (secondary N) is 1. The summed E-state index contributed by atoms with van der Waals surface area (Å²) in [6.45, 7) is 2.98. The van der Waals surface area contributed by atoms with E-state index in [9.17, 15) is 4.79 Å². The second-order valence-electron chi connectivity index (χ2n) is 4.26. The Morgan fingerprint density at radius 2 is 2.42 bits per heavy atom. The van der Waals surface area contributed by atoms with E-state index >= 15 is 0 Å². The monoisotopic (exact) mass is 266 g/mol. The summed E-state index contributed by atoms with van der Waals surface area (Å²) in [4.78, 5) is 13.4. The average Bonchev–Trinajstić information content (AvgIpc) is 2.47. The van der Waals surface area contributed by atoms with Gasteiger partial charge in [0.25, 0.3) is 0 Å². The van der Waals surface area contributed by atoms with E-state index in [1.165, 1.54) is 7.11 Å². The van der Waals surface area contributed by atoms with Crippen LogP contribution in [0.15, 0.2) is 12.1 Å². The Labute approximate surface area is 111 Å². The van der Waals surface area contributed by atoms with Gasteiger partial charge in [-0.15, -0.1) is 10.2 Å². The first-order valence-electron chi connectivity index (χ1n) is 6.17. The Hall–Kier alpha value is -1.73. The van der Waals surface area contributed by atoms with E-state index in [1.807, 2.05) is 7.05 Å². The molecule has 1 saturated heterocycles. The first kappa shape index (κ1) is 13.7. The van der Waals surface area contributed by atoms with Gasteiger partial charge in [-0.25, -0.2) is 4.79 Å². The SMILES string of the molecule is CNCC1CN(c2ccc(C(=O)OC)nn2)CCO1. The maximum Gasteiger partial charge on any atom is 0.358 e. The molecule has 0 spiro atoms. The summed E-state index contributed by atoms with van der Waals surface area (Å²) in [5.41, 5.74) is 0.214. The predicted molar refractivity (Wildman–Crippen MR) is 69.3 cm³/mol. The number of hydrogen-bond donors (Lipinski definition) is 1. The second-order valence-corrected chi connectivity index (χ2v) is 4.26. The first-order valence-corrected chi connectivity index (χ1v) is 6.17. The quantitative estimate of drug-likeness (QED) is 0.749. The standard InChI is InChI=1S/C12H18N4O3/c1-13-7-9-8-16(5-6-19-9)11-4-3-10(14-15-11)12(17)18-2/h3-4,9,13H,5-8H2,1-2H3. The molecule has 2 heterocycles. The van der Waals surface area contributed by atoms with Crippen LogP contribution < -0.4 is 10.2 Å². The molecular weight excluding hydrogens is 248 g/mol. The molecule has 1 N–H and O–H groups in total. The van der Waals surface area contributed by atoms with Crippen molar-refractivity contribution in [3.8, 4) is 0 Å². The van der Waals surface area contributed by atoms with Crippen molar-refractivity contribution in [2.45, 2.75) is 6.10 Å².